The van der Waals surface area contributed by atoms with E-state index in [1.54, 1.807) is 13.0 Å². The first kappa shape index (κ1) is 27.7. The molecule has 0 saturated carbocycles. The molecule has 4 nitrogen and oxygen atoms in total. The first-order chi connectivity index (χ1) is 16.3. The van der Waals surface area contributed by atoms with Crippen molar-refractivity contribution in [3.8, 4) is 11.1 Å². The Kier molecular flexibility index (Phi) is 10.9. The molecule has 0 spiro atoms. The number of aliphatic hydroxyl groups excluding tert-OH is 2. The minimum Gasteiger partial charge on any atom is -0.462 e. The Balaban J connectivity index is 2.10. The normalized spacial score (nSPS) is 11.5. The topological polar surface area (TPSA) is 66.8 Å². The molecule has 0 aliphatic carbocycles. The van der Waals surface area contributed by atoms with Gasteiger partial charge in [-0.15, -0.1) is 0 Å². The van der Waals surface area contributed by atoms with Crippen LogP contribution in [-0.2, 0) is 28.8 Å². The summed E-state index contributed by atoms with van der Waals surface area (Å²) in [6, 6.07) is 11.4. The van der Waals surface area contributed by atoms with E-state index in [4.69, 9.17) is 4.74 Å². The highest BCUT2D eigenvalue weighted by Crippen LogP contribution is 2.32. The van der Waals surface area contributed by atoms with Gasteiger partial charge in [-0.25, -0.2) is 9.18 Å². The van der Waals surface area contributed by atoms with Gasteiger partial charge in [0.15, 0.2) is 0 Å². The number of esters is 1. The Morgan fingerprint density at radius 2 is 1.65 bits per heavy atom. The van der Waals surface area contributed by atoms with Gasteiger partial charge in [0.25, 0.3) is 0 Å². The molecule has 0 fully saturated rings. The number of carbonyl (C=O) groups excluding carboxylic acids is 1. The highest BCUT2D eigenvalue weighted by molar-refractivity contribution is 5.86. The predicted octanol–water partition coefficient (Wildman–Crippen LogP) is 5.81. The Morgan fingerprint density at radius 1 is 1.00 bits per heavy atom. The SMILES string of the molecule is C=C(C)C(=O)OCCCc1ccc(-c2ccc(CCC(CO)(CO)CCC)cc2CC)c(F)c1. The molecule has 0 bridgehead atoms. The van der Waals surface area contributed by atoms with Crippen molar-refractivity contribution in [2.75, 3.05) is 19.8 Å². The number of halogens is 1. The standard InChI is InChI=1S/C29H39FO4/c1-5-14-29(19-31,20-32)15-13-23-9-11-25(24(6-2)17-23)26-12-10-22(18-27(26)30)8-7-16-34-28(33)21(3)4/h9-12,17-18,31-32H,3,5-8,13-16,19-20H2,1-2,4H3. The second-order valence-electron chi connectivity index (χ2n) is 9.25. The van der Waals surface area contributed by atoms with Crippen molar-refractivity contribution in [3.63, 3.8) is 0 Å². The van der Waals surface area contributed by atoms with Crippen LogP contribution in [-0.4, -0.2) is 36.0 Å². The van der Waals surface area contributed by atoms with Crippen LogP contribution in [0, 0.1) is 11.2 Å². The van der Waals surface area contributed by atoms with Crippen molar-refractivity contribution in [2.45, 2.75) is 65.7 Å². The van der Waals surface area contributed by atoms with Crippen LogP contribution in [0.25, 0.3) is 11.1 Å². The fourth-order valence-electron chi connectivity index (χ4n) is 4.29. The van der Waals surface area contributed by atoms with Crippen LogP contribution in [0.2, 0.25) is 0 Å². The minimum atomic E-state index is -0.454. The summed E-state index contributed by atoms with van der Waals surface area (Å²) < 4.78 is 20.1. The van der Waals surface area contributed by atoms with Crippen molar-refractivity contribution >= 4 is 5.97 Å². The van der Waals surface area contributed by atoms with Crippen LogP contribution in [0.4, 0.5) is 4.39 Å². The van der Waals surface area contributed by atoms with Gasteiger partial charge < -0.3 is 14.9 Å². The number of carbonyl (C=O) groups is 1. The minimum absolute atomic E-state index is 0.0239. The third-order valence-corrected chi connectivity index (χ3v) is 6.46. The van der Waals surface area contributed by atoms with Gasteiger partial charge in [-0.2, -0.15) is 0 Å². The van der Waals surface area contributed by atoms with Gasteiger partial charge in [-0.1, -0.05) is 57.2 Å². The second kappa shape index (κ2) is 13.4. The molecule has 186 valence electrons. The number of hydrogen-bond acceptors (Lipinski definition) is 4. The van der Waals surface area contributed by atoms with Gasteiger partial charge >= 0.3 is 5.97 Å². The number of aliphatic hydroxyl groups is 2. The summed E-state index contributed by atoms with van der Waals surface area (Å²) >= 11 is 0. The van der Waals surface area contributed by atoms with E-state index in [-0.39, 0.29) is 25.6 Å². The highest BCUT2D eigenvalue weighted by Gasteiger charge is 2.27. The first-order valence-corrected chi connectivity index (χ1v) is 12.2. The third-order valence-electron chi connectivity index (χ3n) is 6.46. The molecule has 0 radical (unpaired) electrons. The number of rotatable bonds is 14. The zero-order valence-corrected chi connectivity index (χ0v) is 20.8. The monoisotopic (exact) mass is 470 g/mol. The zero-order chi connectivity index (χ0) is 25.1. The fourth-order valence-corrected chi connectivity index (χ4v) is 4.29. The summed E-state index contributed by atoms with van der Waals surface area (Å²) in [7, 11) is 0. The third kappa shape index (κ3) is 7.51. The second-order valence-corrected chi connectivity index (χ2v) is 9.25. The summed E-state index contributed by atoms with van der Waals surface area (Å²) in [4.78, 5) is 11.4. The average Bonchev–Trinajstić information content (AvgIpc) is 2.84. The lowest BCUT2D eigenvalue weighted by molar-refractivity contribution is -0.139. The van der Waals surface area contributed by atoms with E-state index in [9.17, 15) is 15.0 Å². The summed E-state index contributed by atoms with van der Waals surface area (Å²) in [6.07, 6.45) is 5.18. The molecule has 2 N–H and O–H groups in total. The molecule has 0 amide bonds. The van der Waals surface area contributed by atoms with Crippen molar-refractivity contribution in [2.24, 2.45) is 5.41 Å². The van der Waals surface area contributed by atoms with E-state index in [2.05, 4.69) is 26.5 Å². The van der Waals surface area contributed by atoms with Gasteiger partial charge in [-0.3, -0.25) is 0 Å². The van der Waals surface area contributed by atoms with Crippen LogP contribution in [0.5, 0.6) is 0 Å². The van der Waals surface area contributed by atoms with Crippen LogP contribution in [0.15, 0.2) is 48.6 Å². The van der Waals surface area contributed by atoms with Gasteiger partial charge in [0.2, 0.25) is 0 Å². The van der Waals surface area contributed by atoms with E-state index < -0.39 is 11.4 Å². The molecule has 34 heavy (non-hydrogen) atoms. The maximum absolute atomic E-state index is 15.0. The Morgan fingerprint density at radius 3 is 2.21 bits per heavy atom. The molecule has 0 saturated heterocycles. The molecule has 0 heterocycles. The molecule has 0 atom stereocenters. The number of aryl methyl sites for hydroxylation is 3. The maximum atomic E-state index is 15.0. The number of hydrogen-bond donors (Lipinski definition) is 2. The lowest BCUT2D eigenvalue weighted by Crippen LogP contribution is -2.30. The molecule has 2 aromatic carbocycles. The van der Waals surface area contributed by atoms with Gasteiger partial charge in [-0.05, 0) is 73.8 Å². The van der Waals surface area contributed by atoms with E-state index >= 15 is 4.39 Å². The van der Waals surface area contributed by atoms with Crippen molar-refractivity contribution in [3.05, 3.63) is 71.1 Å². The molecular weight excluding hydrogens is 431 g/mol. The van der Waals surface area contributed by atoms with Crippen LogP contribution >= 0.6 is 0 Å². The largest absolute Gasteiger partial charge is 0.462 e. The predicted molar refractivity (Wildman–Crippen MR) is 135 cm³/mol. The highest BCUT2D eigenvalue weighted by atomic mass is 19.1. The molecule has 2 rings (SSSR count). The zero-order valence-electron chi connectivity index (χ0n) is 20.8. The maximum Gasteiger partial charge on any atom is 0.333 e. The van der Waals surface area contributed by atoms with Crippen molar-refractivity contribution < 1.29 is 24.1 Å². The molecular formula is C29H39FO4. The Hall–Kier alpha value is -2.50. The van der Waals surface area contributed by atoms with Crippen LogP contribution in [0.1, 0.15) is 63.1 Å². The average molecular weight is 471 g/mol. The van der Waals surface area contributed by atoms with E-state index in [0.29, 0.717) is 30.4 Å². The molecule has 0 aliphatic heterocycles. The summed E-state index contributed by atoms with van der Waals surface area (Å²) in [6.45, 7) is 9.51. The number of benzene rings is 2. The van der Waals surface area contributed by atoms with Gasteiger partial charge in [0.05, 0.1) is 19.8 Å². The smallest absolute Gasteiger partial charge is 0.333 e. The Bertz CT molecular complexity index is 963. The van der Waals surface area contributed by atoms with E-state index in [1.165, 1.54) is 0 Å². The molecule has 5 heteroatoms. The fraction of sp³-hybridized carbons (Fsp3) is 0.483. The van der Waals surface area contributed by atoms with Gasteiger partial charge in [0.1, 0.15) is 5.82 Å². The van der Waals surface area contributed by atoms with Crippen molar-refractivity contribution in [1.29, 1.82) is 0 Å². The summed E-state index contributed by atoms with van der Waals surface area (Å²) in [5.41, 5.74) is 4.44. The van der Waals surface area contributed by atoms with E-state index in [0.717, 1.165) is 47.9 Å². The molecule has 0 aromatic heterocycles. The molecule has 0 aliphatic rings. The summed E-state index contributed by atoms with van der Waals surface area (Å²) in [5, 5.41) is 19.6. The molecule has 2 aromatic rings. The van der Waals surface area contributed by atoms with Crippen molar-refractivity contribution in [1.82, 2.24) is 0 Å². The van der Waals surface area contributed by atoms with E-state index in [1.807, 2.05) is 24.3 Å². The lowest BCUT2D eigenvalue weighted by atomic mass is 9.79. The number of ether oxygens (including phenoxy) is 1. The lowest BCUT2D eigenvalue weighted by Gasteiger charge is -2.29. The first-order valence-electron chi connectivity index (χ1n) is 12.2. The van der Waals surface area contributed by atoms with Crippen LogP contribution < -0.4 is 0 Å². The summed E-state index contributed by atoms with van der Waals surface area (Å²) in [5.74, 6) is -0.665. The van der Waals surface area contributed by atoms with Crippen LogP contribution in [0.3, 0.4) is 0 Å². The quantitative estimate of drug-likeness (QED) is 0.208. The Labute approximate surface area is 203 Å². The van der Waals surface area contributed by atoms with Gasteiger partial charge in [0, 0.05) is 16.6 Å². The molecule has 0 unspecified atom stereocenters.